The second-order valence-corrected chi connectivity index (χ2v) is 4.46. The molecule has 5 heteroatoms. The van der Waals surface area contributed by atoms with E-state index in [9.17, 15) is 0 Å². The predicted molar refractivity (Wildman–Crippen MR) is 73.9 cm³/mol. The summed E-state index contributed by atoms with van der Waals surface area (Å²) in [6, 6.07) is 9.81. The van der Waals surface area contributed by atoms with Gasteiger partial charge in [0.25, 0.3) is 0 Å². The Labute approximate surface area is 117 Å². The Bertz CT molecular complexity index is 587. The SMILES string of the molecule is COc1cc(CNCc2ccccn2)cc2c1OCO2. The quantitative estimate of drug-likeness (QED) is 0.903. The van der Waals surface area contributed by atoms with Crippen molar-refractivity contribution >= 4 is 0 Å². The molecule has 2 aromatic rings. The number of fused-ring (bicyclic) bond motifs is 1. The van der Waals surface area contributed by atoms with E-state index in [2.05, 4.69) is 10.3 Å². The molecule has 2 heterocycles. The predicted octanol–water partition coefficient (Wildman–Crippen LogP) is 2.11. The molecule has 0 fully saturated rings. The van der Waals surface area contributed by atoms with E-state index in [-0.39, 0.29) is 6.79 Å². The number of aromatic nitrogens is 1. The minimum atomic E-state index is 0.247. The lowest BCUT2D eigenvalue weighted by atomic mass is 10.2. The number of nitrogens with zero attached hydrogens (tertiary/aromatic N) is 1. The van der Waals surface area contributed by atoms with Crippen LogP contribution in [-0.4, -0.2) is 18.9 Å². The molecule has 0 saturated carbocycles. The topological polar surface area (TPSA) is 52.6 Å². The first kappa shape index (κ1) is 12.7. The average Bonchev–Trinajstić information content (AvgIpc) is 2.96. The summed E-state index contributed by atoms with van der Waals surface area (Å²) in [7, 11) is 1.63. The molecular formula is C15H16N2O3. The number of benzene rings is 1. The van der Waals surface area contributed by atoms with Crippen LogP contribution in [0.15, 0.2) is 36.5 Å². The number of nitrogens with one attached hydrogen (secondary N) is 1. The molecule has 20 heavy (non-hydrogen) atoms. The highest BCUT2D eigenvalue weighted by Gasteiger charge is 2.19. The molecule has 104 valence electrons. The summed E-state index contributed by atoms with van der Waals surface area (Å²) in [6.07, 6.45) is 1.79. The van der Waals surface area contributed by atoms with Gasteiger partial charge in [0.1, 0.15) is 0 Å². The summed E-state index contributed by atoms with van der Waals surface area (Å²) in [5, 5.41) is 3.35. The van der Waals surface area contributed by atoms with Crippen LogP contribution in [0.1, 0.15) is 11.3 Å². The Morgan fingerprint density at radius 3 is 3.00 bits per heavy atom. The summed E-state index contributed by atoms with van der Waals surface area (Å²) in [5.74, 6) is 2.12. The molecule has 0 atom stereocenters. The minimum Gasteiger partial charge on any atom is -0.493 e. The van der Waals surface area contributed by atoms with Crippen LogP contribution in [-0.2, 0) is 13.1 Å². The maximum absolute atomic E-state index is 5.40. The lowest BCUT2D eigenvalue weighted by Gasteiger charge is -2.09. The number of hydrogen-bond acceptors (Lipinski definition) is 5. The highest BCUT2D eigenvalue weighted by atomic mass is 16.7. The zero-order valence-electron chi connectivity index (χ0n) is 11.3. The summed E-state index contributed by atoms with van der Waals surface area (Å²) < 4.78 is 16.1. The zero-order valence-corrected chi connectivity index (χ0v) is 11.3. The molecule has 0 radical (unpaired) electrons. The van der Waals surface area contributed by atoms with Crippen LogP contribution < -0.4 is 19.5 Å². The summed E-state index contributed by atoms with van der Waals surface area (Å²) in [4.78, 5) is 4.27. The van der Waals surface area contributed by atoms with Crippen LogP contribution in [0.2, 0.25) is 0 Å². The molecule has 5 nitrogen and oxygen atoms in total. The first-order valence-corrected chi connectivity index (χ1v) is 6.44. The number of rotatable bonds is 5. The van der Waals surface area contributed by atoms with Crippen molar-refractivity contribution in [3.8, 4) is 17.2 Å². The van der Waals surface area contributed by atoms with Crippen molar-refractivity contribution in [1.82, 2.24) is 10.3 Å². The highest BCUT2D eigenvalue weighted by molar-refractivity contribution is 5.55. The molecular weight excluding hydrogens is 256 g/mol. The van der Waals surface area contributed by atoms with E-state index in [4.69, 9.17) is 14.2 Å². The summed E-state index contributed by atoms with van der Waals surface area (Å²) in [6.45, 7) is 1.68. The molecule has 1 aromatic carbocycles. The Balaban J connectivity index is 1.66. The van der Waals surface area contributed by atoms with E-state index in [0.717, 1.165) is 23.6 Å². The van der Waals surface area contributed by atoms with Crippen molar-refractivity contribution in [2.45, 2.75) is 13.1 Å². The van der Waals surface area contributed by atoms with E-state index in [0.29, 0.717) is 18.0 Å². The van der Waals surface area contributed by atoms with Gasteiger partial charge < -0.3 is 19.5 Å². The Hall–Kier alpha value is -2.27. The monoisotopic (exact) mass is 272 g/mol. The van der Waals surface area contributed by atoms with Crippen LogP contribution in [0.25, 0.3) is 0 Å². The largest absolute Gasteiger partial charge is 0.493 e. The van der Waals surface area contributed by atoms with Crippen LogP contribution >= 0.6 is 0 Å². The van der Waals surface area contributed by atoms with Gasteiger partial charge in [0.05, 0.1) is 12.8 Å². The van der Waals surface area contributed by atoms with Gasteiger partial charge in [-0.1, -0.05) is 6.07 Å². The van der Waals surface area contributed by atoms with Gasteiger partial charge in [0.2, 0.25) is 12.5 Å². The maximum Gasteiger partial charge on any atom is 0.231 e. The van der Waals surface area contributed by atoms with Crippen molar-refractivity contribution in [3.05, 3.63) is 47.8 Å². The molecule has 0 amide bonds. The summed E-state index contributed by atoms with van der Waals surface area (Å²) >= 11 is 0. The minimum absolute atomic E-state index is 0.247. The lowest BCUT2D eigenvalue weighted by molar-refractivity contribution is 0.171. The van der Waals surface area contributed by atoms with Gasteiger partial charge in [-0.25, -0.2) is 0 Å². The number of ether oxygens (including phenoxy) is 3. The molecule has 1 N–H and O–H groups in total. The molecule has 0 aliphatic carbocycles. The van der Waals surface area contributed by atoms with Crippen molar-refractivity contribution in [2.24, 2.45) is 0 Å². The number of hydrogen-bond donors (Lipinski definition) is 1. The van der Waals surface area contributed by atoms with Gasteiger partial charge in [-0.3, -0.25) is 4.98 Å². The van der Waals surface area contributed by atoms with Gasteiger partial charge in [-0.15, -0.1) is 0 Å². The summed E-state index contributed by atoms with van der Waals surface area (Å²) in [5.41, 5.74) is 2.10. The van der Waals surface area contributed by atoms with Crippen LogP contribution in [0.3, 0.4) is 0 Å². The third-order valence-corrected chi connectivity index (χ3v) is 3.08. The van der Waals surface area contributed by atoms with Gasteiger partial charge in [-0.2, -0.15) is 0 Å². The molecule has 3 rings (SSSR count). The van der Waals surface area contributed by atoms with Crippen LogP contribution in [0.5, 0.6) is 17.2 Å². The van der Waals surface area contributed by atoms with E-state index < -0.39 is 0 Å². The Morgan fingerprint density at radius 2 is 2.20 bits per heavy atom. The fourth-order valence-electron chi connectivity index (χ4n) is 2.12. The third kappa shape index (κ3) is 2.67. The van der Waals surface area contributed by atoms with Gasteiger partial charge in [0, 0.05) is 19.3 Å². The highest BCUT2D eigenvalue weighted by Crippen LogP contribution is 2.41. The van der Waals surface area contributed by atoms with Crippen molar-refractivity contribution in [3.63, 3.8) is 0 Å². The smallest absolute Gasteiger partial charge is 0.231 e. The Kier molecular flexibility index (Phi) is 3.69. The third-order valence-electron chi connectivity index (χ3n) is 3.08. The van der Waals surface area contributed by atoms with Crippen molar-refractivity contribution < 1.29 is 14.2 Å². The first-order chi connectivity index (χ1) is 9.86. The first-order valence-electron chi connectivity index (χ1n) is 6.44. The normalized spacial score (nSPS) is 12.4. The zero-order chi connectivity index (χ0) is 13.8. The molecule has 0 spiro atoms. The second kappa shape index (κ2) is 5.79. The van der Waals surface area contributed by atoms with Gasteiger partial charge in [-0.05, 0) is 29.8 Å². The molecule has 1 aliphatic rings. The fourth-order valence-corrected chi connectivity index (χ4v) is 2.12. The average molecular weight is 272 g/mol. The Morgan fingerprint density at radius 1 is 1.25 bits per heavy atom. The number of methoxy groups -OCH3 is 1. The van der Waals surface area contributed by atoms with E-state index in [1.165, 1.54) is 0 Å². The number of pyridine rings is 1. The van der Waals surface area contributed by atoms with Crippen molar-refractivity contribution in [1.29, 1.82) is 0 Å². The van der Waals surface area contributed by atoms with E-state index in [1.54, 1.807) is 13.3 Å². The van der Waals surface area contributed by atoms with Crippen LogP contribution in [0, 0.1) is 0 Å². The molecule has 1 aromatic heterocycles. The van der Waals surface area contributed by atoms with E-state index in [1.807, 2.05) is 30.3 Å². The van der Waals surface area contributed by atoms with E-state index >= 15 is 0 Å². The molecule has 0 bridgehead atoms. The molecule has 1 aliphatic heterocycles. The van der Waals surface area contributed by atoms with Gasteiger partial charge >= 0.3 is 0 Å². The van der Waals surface area contributed by atoms with Crippen molar-refractivity contribution in [2.75, 3.05) is 13.9 Å². The fraction of sp³-hybridized carbons (Fsp3) is 0.267. The maximum atomic E-state index is 5.40. The second-order valence-electron chi connectivity index (χ2n) is 4.46. The standard InChI is InChI=1S/C15H16N2O3/c1-18-13-6-11(7-14-15(13)20-10-19-14)8-16-9-12-4-2-3-5-17-12/h2-7,16H,8-10H2,1H3. The van der Waals surface area contributed by atoms with Crippen LogP contribution in [0.4, 0.5) is 0 Å². The molecule has 0 saturated heterocycles. The molecule has 0 unspecified atom stereocenters. The van der Waals surface area contributed by atoms with Gasteiger partial charge in [0.15, 0.2) is 11.5 Å². The lowest BCUT2D eigenvalue weighted by Crippen LogP contribution is -2.13.